The molecule has 0 unspecified atom stereocenters. The minimum atomic E-state index is 0.643. The summed E-state index contributed by atoms with van der Waals surface area (Å²) < 4.78 is 3.05. The fourth-order valence-corrected chi connectivity index (χ4v) is 3.04. The van der Waals surface area contributed by atoms with E-state index in [0.717, 1.165) is 29.0 Å². The normalized spacial score (nSPS) is 10.8. The molecule has 0 aliphatic rings. The van der Waals surface area contributed by atoms with Gasteiger partial charge in [0.1, 0.15) is 5.82 Å². The van der Waals surface area contributed by atoms with Crippen LogP contribution in [0, 0.1) is 6.92 Å². The van der Waals surface area contributed by atoms with Gasteiger partial charge in [-0.25, -0.2) is 0 Å². The number of hydrogen-bond donors (Lipinski definition) is 1. The SMILES string of the molecule is Cc1nn(C)c(N(C)Cc2cccc(Br)c2)c1CCN. The second-order valence-electron chi connectivity index (χ2n) is 5.04. The molecule has 0 saturated carbocycles. The summed E-state index contributed by atoms with van der Waals surface area (Å²) in [6, 6.07) is 8.37. The Bertz CT molecular complexity index is 592. The van der Waals surface area contributed by atoms with Crippen molar-refractivity contribution < 1.29 is 0 Å². The molecule has 1 heterocycles. The maximum Gasteiger partial charge on any atom is 0.130 e. The van der Waals surface area contributed by atoms with Gasteiger partial charge in [-0.2, -0.15) is 5.10 Å². The molecule has 0 amide bonds. The van der Waals surface area contributed by atoms with Crippen LogP contribution < -0.4 is 10.6 Å². The lowest BCUT2D eigenvalue weighted by molar-refractivity contribution is 0.725. The summed E-state index contributed by atoms with van der Waals surface area (Å²) in [7, 11) is 4.08. The fourth-order valence-electron chi connectivity index (χ4n) is 2.59. The van der Waals surface area contributed by atoms with Crippen molar-refractivity contribution in [2.24, 2.45) is 12.8 Å². The van der Waals surface area contributed by atoms with Gasteiger partial charge in [0.15, 0.2) is 0 Å². The zero-order valence-corrected chi connectivity index (χ0v) is 13.8. The molecule has 2 aromatic rings. The number of anilines is 1. The summed E-state index contributed by atoms with van der Waals surface area (Å²) in [6.07, 6.45) is 0.859. The van der Waals surface area contributed by atoms with Gasteiger partial charge in [0.25, 0.3) is 0 Å². The fraction of sp³-hybridized carbons (Fsp3) is 0.400. The summed E-state index contributed by atoms with van der Waals surface area (Å²) >= 11 is 3.51. The molecule has 0 saturated heterocycles. The van der Waals surface area contributed by atoms with E-state index in [1.54, 1.807) is 0 Å². The Morgan fingerprint density at radius 1 is 1.40 bits per heavy atom. The summed E-state index contributed by atoms with van der Waals surface area (Å²) in [6.45, 7) is 3.53. The number of rotatable bonds is 5. The molecule has 108 valence electrons. The molecule has 20 heavy (non-hydrogen) atoms. The average Bonchev–Trinajstić information content (AvgIpc) is 2.65. The van der Waals surface area contributed by atoms with Crippen LogP contribution in [-0.4, -0.2) is 23.4 Å². The highest BCUT2D eigenvalue weighted by atomic mass is 79.9. The number of aryl methyl sites for hydroxylation is 2. The first-order valence-electron chi connectivity index (χ1n) is 6.71. The molecule has 0 bridgehead atoms. The highest BCUT2D eigenvalue weighted by Gasteiger charge is 2.16. The van der Waals surface area contributed by atoms with Crippen molar-refractivity contribution in [3.63, 3.8) is 0 Å². The predicted octanol–water partition coefficient (Wildman–Crippen LogP) is 2.63. The Kier molecular flexibility index (Phi) is 4.83. The molecule has 0 radical (unpaired) electrons. The molecule has 0 spiro atoms. The van der Waals surface area contributed by atoms with E-state index in [-0.39, 0.29) is 0 Å². The van der Waals surface area contributed by atoms with Crippen molar-refractivity contribution in [2.45, 2.75) is 19.9 Å². The maximum atomic E-state index is 5.72. The molecular formula is C15H21BrN4. The minimum Gasteiger partial charge on any atom is -0.355 e. The summed E-state index contributed by atoms with van der Waals surface area (Å²) in [5.41, 5.74) is 9.29. The van der Waals surface area contributed by atoms with Crippen LogP contribution in [0.5, 0.6) is 0 Å². The molecule has 2 N–H and O–H groups in total. The van der Waals surface area contributed by atoms with Crippen molar-refractivity contribution in [3.8, 4) is 0 Å². The molecule has 2 rings (SSSR count). The number of nitrogens with two attached hydrogens (primary N) is 1. The van der Waals surface area contributed by atoms with Gasteiger partial charge >= 0.3 is 0 Å². The Morgan fingerprint density at radius 2 is 2.15 bits per heavy atom. The minimum absolute atomic E-state index is 0.643. The van der Waals surface area contributed by atoms with E-state index < -0.39 is 0 Å². The molecule has 0 atom stereocenters. The van der Waals surface area contributed by atoms with E-state index in [4.69, 9.17) is 5.73 Å². The van der Waals surface area contributed by atoms with Crippen LogP contribution in [0.25, 0.3) is 0 Å². The Labute approximate surface area is 128 Å². The van der Waals surface area contributed by atoms with Gasteiger partial charge in [-0.1, -0.05) is 28.1 Å². The van der Waals surface area contributed by atoms with Gasteiger partial charge in [0.2, 0.25) is 0 Å². The van der Waals surface area contributed by atoms with Crippen LogP contribution >= 0.6 is 15.9 Å². The van der Waals surface area contributed by atoms with Crippen LogP contribution in [0.2, 0.25) is 0 Å². The molecule has 1 aromatic carbocycles. The van der Waals surface area contributed by atoms with Crippen molar-refractivity contribution in [1.82, 2.24) is 9.78 Å². The highest BCUT2D eigenvalue weighted by molar-refractivity contribution is 9.10. The zero-order valence-electron chi connectivity index (χ0n) is 12.2. The van der Waals surface area contributed by atoms with E-state index in [0.29, 0.717) is 6.54 Å². The third kappa shape index (κ3) is 3.22. The standard InChI is InChI=1S/C15H21BrN4/c1-11-14(7-8-17)15(20(3)18-11)19(2)10-12-5-4-6-13(16)9-12/h4-6,9H,7-8,10,17H2,1-3H3. The number of benzene rings is 1. The van der Waals surface area contributed by atoms with Crippen LogP contribution in [0.3, 0.4) is 0 Å². The van der Waals surface area contributed by atoms with E-state index in [9.17, 15) is 0 Å². The molecule has 0 fully saturated rings. The largest absolute Gasteiger partial charge is 0.355 e. The van der Waals surface area contributed by atoms with Gasteiger partial charge in [0, 0.05) is 30.7 Å². The monoisotopic (exact) mass is 336 g/mol. The first-order valence-corrected chi connectivity index (χ1v) is 7.50. The highest BCUT2D eigenvalue weighted by Crippen LogP contribution is 2.24. The quantitative estimate of drug-likeness (QED) is 0.912. The van der Waals surface area contributed by atoms with E-state index in [2.05, 4.69) is 51.2 Å². The summed E-state index contributed by atoms with van der Waals surface area (Å²) in [5, 5.41) is 4.52. The molecule has 5 heteroatoms. The van der Waals surface area contributed by atoms with Crippen molar-refractivity contribution in [3.05, 3.63) is 45.6 Å². The van der Waals surface area contributed by atoms with Gasteiger partial charge < -0.3 is 10.6 Å². The van der Waals surface area contributed by atoms with Crippen molar-refractivity contribution in [1.29, 1.82) is 0 Å². The van der Waals surface area contributed by atoms with Gasteiger partial charge in [-0.15, -0.1) is 0 Å². The van der Waals surface area contributed by atoms with Crippen LogP contribution in [0.4, 0.5) is 5.82 Å². The summed E-state index contributed by atoms with van der Waals surface area (Å²) in [4.78, 5) is 2.23. The van der Waals surface area contributed by atoms with E-state index in [1.807, 2.05) is 24.7 Å². The number of nitrogens with zero attached hydrogens (tertiary/aromatic N) is 3. The Balaban J connectivity index is 2.27. The maximum absolute atomic E-state index is 5.72. The lowest BCUT2D eigenvalue weighted by Gasteiger charge is -2.21. The van der Waals surface area contributed by atoms with Crippen LogP contribution in [0.15, 0.2) is 28.7 Å². The third-order valence-corrected chi connectivity index (χ3v) is 3.87. The molecule has 0 aliphatic heterocycles. The van der Waals surface area contributed by atoms with Gasteiger partial charge in [-0.3, -0.25) is 4.68 Å². The third-order valence-electron chi connectivity index (χ3n) is 3.38. The lowest BCUT2D eigenvalue weighted by atomic mass is 10.1. The van der Waals surface area contributed by atoms with Crippen molar-refractivity contribution >= 4 is 21.7 Å². The van der Waals surface area contributed by atoms with Gasteiger partial charge in [0.05, 0.1) is 5.69 Å². The summed E-state index contributed by atoms with van der Waals surface area (Å²) in [5.74, 6) is 1.15. The topological polar surface area (TPSA) is 47.1 Å². The molecule has 1 aromatic heterocycles. The first-order chi connectivity index (χ1) is 9.52. The van der Waals surface area contributed by atoms with Crippen LogP contribution in [0.1, 0.15) is 16.8 Å². The number of hydrogen-bond acceptors (Lipinski definition) is 3. The smallest absolute Gasteiger partial charge is 0.130 e. The lowest BCUT2D eigenvalue weighted by Crippen LogP contribution is -2.21. The van der Waals surface area contributed by atoms with Gasteiger partial charge in [-0.05, 0) is 37.6 Å². The van der Waals surface area contributed by atoms with E-state index in [1.165, 1.54) is 11.1 Å². The zero-order chi connectivity index (χ0) is 14.7. The second-order valence-corrected chi connectivity index (χ2v) is 5.95. The Hall–Kier alpha value is -1.33. The second kappa shape index (κ2) is 6.41. The van der Waals surface area contributed by atoms with Crippen LogP contribution in [-0.2, 0) is 20.0 Å². The average molecular weight is 337 g/mol. The number of aromatic nitrogens is 2. The molecule has 4 nitrogen and oxygen atoms in total. The molecule has 0 aliphatic carbocycles. The Morgan fingerprint density at radius 3 is 2.80 bits per heavy atom. The van der Waals surface area contributed by atoms with Crippen molar-refractivity contribution in [2.75, 3.05) is 18.5 Å². The predicted molar refractivity (Wildman–Crippen MR) is 87.0 cm³/mol. The van der Waals surface area contributed by atoms with E-state index >= 15 is 0 Å². The number of halogens is 1. The molecular weight excluding hydrogens is 316 g/mol. The first kappa shape index (κ1) is 15.1.